The van der Waals surface area contributed by atoms with Gasteiger partial charge in [-0.05, 0) is 43.7 Å². The minimum absolute atomic E-state index is 0.345. The van der Waals surface area contributed by atoms with E-state index in [0.717, 1.165) is 16.7 Å². The SMILES string of the molecule is CSC1CCCCC1NC(C)c1ccc2c(c1)OCO2. The molecule has 3 nitrogen and oxygen atoms in total. The van der Waals surface area contributed by atoms with Gasteiger partial charge in [-0.2, -0.15) is 11.8 Å². The lowest BCUT2D eigenvalue weighted by molar-refractivity contribution is 0.174. The summed E-state index contributed by atoms with van der Waals surface area (Å²) in [5, 5.41) is 4.56. The molecule has 1 aliphatic heterocycles. The molecular formula is C16H23NO2S. The van der Waals surface area contributed by atoms with Crippen LogP contribution in [0.5, 0.6) is 11.5 Å². The molecule has 4 heteroatoms. The molecule has 3 unspecified atom stereocenters. The average Bonchev–Trinajstić information content (AvgIpc) is 2.95. The highest BCUT2D eigenvalue weighted by atomic mass is 32.2. The van der Waals surface area contributed by atoms with Gasteiger partial charge in [-0.25, -0.2) is 0 Å². The van der Waals surface area contributed by atoms with Crippen molar-refractivity contribution in [3.05, 3.63) is 23.8 Å². The van der Waals surface area contributed by atoms with Gasteiger partial charge in [0.05, 0.1) is 0 Å². The summed E-state index contributed by atoms with van der Waals surface area (Å²) in [6, 6.07) is 7.24. The molecule has 0 saturated heterocycles. The zero-order valence-electron chi connectivity index (χ0n) is 12.2. The summed E-state index contributed by atoms with van der Waals surface area (Å²) in [6.45, 7) is 2.58. The van der Waals surface area contributed by atoms with Crippen molar-refractivity contribution in [1.29, 1.82) is 0 Å². The van der Waals surface area contributed by atoms with E-state index in [1.165, 1.54) is 31.2 Å². The van der Waals surface area contributed by atoms with Gasteiger partial charge in [-0.1, -0.05) is 18.9 Å². The second-order valence-corrected chi connectivity index (χ2v) is 6.74. The van der Waals surface area contributed by atoms with Crippen LogP contribution in [0.4, 0.5) is 0 Å². The first-order valence-electron chi connectivity index (χ1n) is 7.46. The van der Waals surface area contributed by atoms with Crippen LogP contribution < -0.4 is 14.8 Å². The second-order valence-electron chi connectivity index (χ2n) is 5.67. The molecule has 110 valence electrons. The van der Waals surface area contributed by atoms with Crippen molar-refractivity contribution in [3.8, 4) is 11.5 Å². The largest absolute Gasteiger partial charge is 0.454 e. The Bertz CT molecular complexity index is 466. The fraction of sp³-hybridized carbons (Fsp3) is 0.625. The number of thioether (sulfide) groups is 1. The van der Waals surface area contributed by atoms with Crippen molar-refractivity contribution in [2.75, 3.05) is 13.0 Å². The lowest BCUT2D eigenvalue weighted by Crippen LogP contribution is -2.41. The molecular weight excluding hydrogens is 270 g/mol. The first-order chi connectivity index (χ1) is 9.78. The van der Waals surface area contributed by atoms with Gasteiger partial charge < -0.3 is 14.8 Å². The summed E-state index contributed by atoms with van der Waals surface area (Å²) in [6.07, 6.45) is 7.59. The fourth-order valence-electron chi connectivity index (χ4n) is 3.17. The Morgan fingerprint density at radius 1 is 1.20 bits per heavy atom. The van der Waals surface area contributed by atoms with E-state index in [4.69, 9.17) is 9.47 Å². The molecule has 1 N–H and O–H groups in total. The zero-order valence-corrected chi connectivity index (χ0v) is 13.0. The van der Waals surface area contributed by atoms with Gasteiger partial charge in [0.25, 0.3) is 0 Å². The number of benzene rings is 1. The van der Waals surface area contributed by atoms with Crippen LogP contribution in [0.1, 0.15) is 44.2 Å². The Balaban J connectivity index is 1.67. The van der Waals surface area contributed by atoms with E-state index < -0.39 is 0 Å². The Hall–Kier alpha value is -0.870. The van der Waals surface area contributed by atoms with Crippen molar-refractivity contribution < 1.29 is 9.47 Å². The zero-order chi connectivity index (χ0) is 13.9. The molecule has 0 bridgehead atoms. The highest BCUT2D eigenvalue weighted by Gasteiger charge is 2.26. The van der Waals surface area contributed by atoms with E-state index in [9.17, 15) is 0 Å². The normalized spacial score (nSPS) is 26.5. The van der Waals surface area contributed by atoms with Crippen molar-refractivity contribution in [1.82, 2.24) is 5.32 Å². The number of rotatable bonds is 4. The number of fused-ring (bicyclic) bond motifs is 1. The first-order valence-corrected chi connectivity index (χ1v) is 8.75. The predicted molar refractivity (Wildman–Crippen MR) is 83.7 cm³/mol. The Morgan fingerprint density at radius 2 is 2.00 bits per heavy atom. The van der Waals surface area contributed by atoms with Crippen LogP contribution >= 0.6 is 11.8 Å². The molecule has 1 aliphatic carbocycles. The van der Waals surface area contributed by atoms with Crippen LogP contribution in [0, 0.1) is 0 Å². The summed E-state index contributed by atoms with van der Waals surface area (Å²) >= 11 is 2.00. The molecule has 3 rings (SSSR count). The Morgan fingerprint density at radius 3 is 2.85 bits per heavy atom. The van der Waals surface area contributed by atoms with E-state index in [-0.39, 0.29) is 0 Å². The van der Waals surface area contributed by atoms with Crippen molar-refractivity contribution in [3.63, 3.8) is 0 Å². The lowest BCUT2D eigenvalue weighted by atomic mass is 9.93. The lowest BCUT2D eigenvalue weighted by Gasteiger charge is -2.33. The molecule has 0 amide bonds. The third kappa shape index (κ3) is 2.91. The summed E-state index contributed by atoms with van der Waals surface area (Å²) in [5.41, 5.74) is 1.28. The maximum Gasteiger partial charge on any atom is 0.231 e. The average molecular weight is 293 g/mol. The molecule has 2 aliphatic rings. The van der Waals surface area contributed by atoms with Crippen LogP contribution in [-0.2, 0) is 0 Å². The summed E-state index contributed by atoms with van der Waals surface area (Å²) in [5.74, 6) is 1.74. The number of hydrogen-bond donors (Lipinski definition) is 1. The van der Waals surface area contributed by atoms with Gasteiger partial charge in [0.1, 0.15) is 0 Å². The molecule has 1 aromatic carbocycles. The van der Waals surface area contributed by atoms with Crippen molar-refractivity contribution in [2.24, 2.45) is 0 Å². The third-order valence-corrected chi connectivity index (χ3v) is 5.54. The maximum atomic E-state index is 5.47. The van der Waals surface area contributed by atoms with Crippen molar-refractivity contribution in [2.45, 2.75) is 49.9 Å². The monoisotopic (exact) mass is 293 g/mol. The standard InChI is InChI=1S/C16H23NO2S/c1-11(17-13-5-3-4-6-16(13)20-2)12-7-8-14-15(9-12)19-10-18-14/h7-9,11,13,16-17H,3-6,10H2,1-2H3. The van der Waals surface area contributed by atoms with Gasteiger partial charge in [-0.3, -0.25) is 0 Å². The molecule has 1 aromatic rings. The van der Waals surface area contributed by atoms with Crippen LogP contribution in [-0.4, -0.2) is 24.3 Å². The van der Waals surface area contributed by atoms with Crippen molar-refractivity contribution >= 4 is 11.8 Å². The summed E-state index contributed by atoms with van der Waals surface area (Å²) in [7, 11) is 0. The third-order valence-electron chi connectivity index (χ3n) is 4.37. The molecule has 20 heavy (non-hydrogen) atoms. The van der Waals surface area contributed by atoms with Gasteiger partial charge in [0.15, 0.2) is 11.5 Å². The van der Waals surface area contributed by atoms with Gasteiger partial charge >= 0.3 is 0 Å². The molecule has 3 atom stereocenters. The van der Waals surface area contributed by atoms with Gasteiger partial charge in [-0.15, -0.1) is 0 Å². The predicted octanol–water partition coefficient (Wildman–Crippen LogP) is 3.74. The van der Waals surface area contributed by atoms with Crippen LogP contribution in [0.2, 0.25) is 0 Å². The highest BCUT2D eigenvalue weighted by Crippen LogP contribution is 2.35. The van der Waals surface area contributed by atoms with Crippen LogP contribution in [0.15, 0.2) is 18.2 Å². The quantitative estimate of drug-likeness (QED) is 0.916. The van der Waals surface area contributed by atoms with E-state index in [1.807, 2.05) is 17.8 Å². The highest BCUT2D eigenvalue weighted by molar-refractivity contribution is 7.99. The van der Waals surface area contributed by atoms with E-state index in [2.05, 4.69) is 30.6 Å². The van der Waals surface area contributed by atoms with Crippen LogP contribution in [0.3, 0.4) is 0 Å². The van der Waals surface area contributed by atoms with E-state index >= 15 is 0 Å². The molecule has 1 fully saturated rings. The number of nitrogens with one attached hydrogen (secondary N) is 1. The van der Waals surface area contributed by atoms with E-state index in [0.29, 0.717) is 18.9 Å². The second kappa shape index (κ2) is 6.27. The summed E-state index contributed by atoms with van der Waals surface area (Å²) < 4.78 is 10.8. The summed E-state index contributed by atoms with van der Waals surface area (Å²) in [4.78, 5) is 0. The van der Waals surface area contributed by atoms with E-state index in [1.54, 1.807) is 0 Å². The fourth-order valence-corrected chi connectivity index (χ4v) is 4.11. The number of ether oxygens (including phenoxy) is 2. The maximum absolute atomic E-state index is 5.47. The molecule has 1 saturated carbocycles. The Kier molecular flexibility index (Phi) is 4.41. The topological polar surface area (TPSA) is 30.5 Å². The van der Waals surface area contributed by atoms with Gasteiger partial charge in [0.2, 0.25) is 6.79 Å². The minimum atomic E-state index is 0.345. The molecule has 0 spiro atoms. The first kappa shape index (κ1) is 14.1. The Labute approximate surface area is 125 Å². The number of hydrogen-bond acceptors (Lipinski definition) is 4. The smallest absolute Gasteiger partial charge is 0.231 e. The van der Waals surface area contributed by atoms with Gasteiger partial charge in [0, 0.05) is 17.3 Å². The minimum Gasteiger partial charge on any atom is -0.454 e. The van der Waals surface area contributed by atoms with Crippen LogP contribution in [0.25, 0.3) is 0 Å². The molecule has 0 radical (unpaired) electrons. The molecule has 0 aromatic heterocycles. The molecule has 1 heterocycles.